The van der Waals surface area contributed by atoms with Crippen molar-refractivity contribution in [1.82, 2.24) is 9.55 Å². The van der Waals surface area contributed by atoms with Crippen LogP contribution in [0.4, 0.5) is 5.69 Å². The van der Waals surface area contributed by atoms with Crippen molar-refractivity contribution < 1.29 is 9.21 Å². The highest BCUT2D eigenvalue weighted by molar-refractivity contribution is 7.17. The first-order valence-electron chi connectivity index (χ1n) is 7.53. The van der Waals surface area contributed by atoms with Crippen molar-refractivity contribution >= 4 is 55.8 Å². The van der Waals surface area contributed by atoms with Crippen LogP contribution in [0.2, 0.25) is 5.02 Å². The minimum Gasteiger partial charge on any atom is -0.408 e. The van der Waals surface area contributed by atoms with E-state index in [9.17, 15) is 9.59 Å². The van der Waals surface area contributed by atoms with E-state index in [1.165, 1.54) is 15.9 Å². The van der Waals surface area contributed by atoms with Gasteiger partial charge in [-0.05, 0) is 29.6 Å². The Bertz CT molecular complexity index is 1140. The second kappa shape index (κ2) is 6.34. The molecule has 4 aromatic rings. The fourth-order valence-electron chi connectivity index (χ4n) is 2.65. The van der Waals surface area contributed by atoms with Crippen LogP contribution in [0.1, 0.15) is 6.42 Å². The molecule has 3 aromatic heterocycles. The highest BCUT2D eigenvalue weighted by Gasteiger charge is 2.12. The predicted molar refractivity (Wildman–Crippen MR) is 98.4 cm³/mol. The molecular weight excluding hydrogens is 362 g/mol. The van der Waals surface area contributed by atoms with Crippen molar-refractivity contribution in [3.63, 3.8) is 0 Å². The summed E-state index contributed by atoms with van der Waals surface area (Å²) in [6, 6.07) is 8.63. The topological polar surface area (TPSA) is 77.1 Å². The van der Waals surface area contributed by atoms with Gasteiger partial charge in [0.15, 0.2) is 5.58 Å². The number of carbonyl (C=O) groups excluding carboxylic acids is 1. The zero-order valence-corrected chi connectivity index (χ0v) is 14.4. The lowest BCUT2D eigenvalue weighted by Gasteiger charge is -2.06. The number of anilines is 1. The zero-order chi connectivity index (χ0) is 17.4. The van der Waals surface area contributed by atoms with Gasteiger partial charge < -0.3 is 9.73 Å². The van der Waals surface area contributed by atoms with Crippen molar-refractivity contribution in [1.29, 1.82) is 0 Å². The van der Waals surface area contributed by atoms with Gasteiger partial charge in [-0.3, -0.25) is 14.3 Å². The van der Waals surface area contributed by atoms with E-state index >= 15 is 0 Å². The Morgan fingerprint density at radius 2 is 2.20 bits per heavy atom. The molecular formula is C17H12ClN3O3S. The number of halogens is 1. The van der Waals surface area contributed by atoms with E-state index in [0.717, 1.165) is 15.9 Å². The molecule has 1 amide bonds. The van der Waals surface area contributed by atoms with Crippen molar-refractivity contribution in [2.45, 2.75) is 13.0 Å². The number of fused-ring (bicyclic) bond motifs is 2. The SMILES string of the molecule is O=C(CCn1c(=O)oc2cc(Cl)ccc21)Nc1ccnc2ccsc12. The van der Waals surface area contributed by atoms with Crippen LogP contribution >= 0.6 is 22.9 Å². The summed E-state index contributed by atoms with van der Waals surface area (Å²) in [5.74, 6) is -0.689. The van der Waals surface area contributed by atoms with Crippen LogP contribution in [0.15, 0.2) is 51.1 Å². The lowest BCUT2D eigenvalue weighted by Crippen LogP contribution is -2.19. The van der Waals surface area contributed by atoms with Crippen LogP contribution in [0.5, 0.6) is 0 Å². The second-order valence-corrected chi connectivity index (χ2v) is 6.78. The lowest BCUT2D eigenvalue weighted by molar-refractivity contribution is -0.116. The molecule has 0 saturated carbocycles. The molecule has 0 bridgehead atoms. The van der Waals surface area contributed by atoms with Gasteiger partial charge >= 0.3 is 5.76 Å². The number of nitrogens with one attached hydrogen (secondary N) is 1. The number of amides is 1. The molecule has 3 heterocycles. The molecule has 6 nitrogen and oxygen atoms in total. The fourth-order valence-corrected chi connectivity index (χ4v) is 3.63. The van der Waals surface area contributed by atoms with Crippen molar-refractivity contribution in [2.24, 2.45) is 0 Å². The van der Waals surface area contributed by atoms with Gasteiger partial charge in [-0.1, -0.05) is 11.6 Å². The van der Waals surface area contributed by atoms with Crippen molar-refractivity contribution in [3.8, 4) is 0 Å². The van der Waals surface area contributed by atoms with Crippen LogP contribution in [-0.2, 0) is 11.3 Å². The van der Waals surface area contributed by atoms with E-state index in [1.807, 2.05) is 11.4 Å². The molecule has 1 aromatic carbocycles. The van der Waals surface area contributed by atoms with E-state index in [2.05, 4.69) is 10.3 Å². The average molecular weight is 374 g/mol. The largest absolute Gasteiger partial charge is 0.419 e. The minimum atomic E-state index is -0.505. The molecule has 0 aliphatic heterocycles. The number of aromatic nitrogens is 2. The summed E-state index contributed by atoms with van der Waals surface area (Å²) in [7, 11) is 0. The first-order chi connectivity index (χ1) is 12.1. The maximum Gasteiger partial charge on any atom is 0.419 e. The van der Waals surface area contributed by atoms with Crippen LogP contribution in [-0.4, -0.2) is 15.5 Å². The maximum atomic E-state index is 12.3. The third-order valence-corrected chi connectivity index (χ3v) is 4.98. The predicted octanol–water partition coefficient (Wildman–Crippen LogP) is 3.89. The first kappa shape index (κ1) is 15.9. The summed E-state index contributed by atoms with van der Waals surface area (Å²) in [6.07, 6.45) is 1.80. The van der Waals surface area contributed by atoms with Gasteiger partial charge in [0.25, 0.3) is 0 Å². The second-order valence-electron chi connectivity index (χ2n) is 5.42. The number of rotatable bonds is 4. The number of hydrogen-bond acceptors (Lipinski definition) is 5. The fraction of sp³-hybridized carbons (Fsp3) is 0.118. The number of oxazole rings is 1. The molecule has 0 fully saturated rings. The van der Waals surface area contributed by atoms with Crippen LogP contribution < -0.4 is 11.1 Å². The molecule has 0 unspecified atom stereocenters. The zero-order valence-electron chi connectivity index (χ0n) is 12.9. The van der Waals surface area contributed by atoms with Gasteiger partial charge in [0, 0.05) is 30.3 Å². The van der Waals surface area contributed by atoms with E-state index in [1.54, 1.807) is 30.5 Å². The average Bonchev–Trinajstić information content (AvgIpc) is 3.17. The Morgan fingerprint density at radius 1 is 1.32 bits per heavy atom. The van der Waals surface area contributed by atoms with Crippen molar-refractivity contribution in [3.05, 3.63) is 57.5 Å². The minimum absolute atomic E-state index is 0.145. The molecule has 0 saturated heterocycles. The van der Waals surface area contributed by atoms with E-state index < -0.39 is 5.76 Å². The summed E-state index contributed by atoms with van der Waals surface area (Å²) in [5, 5.41) is 5.29. The number of pyridine rings is 1. The molecule has 0 atom stereocenters. The molecule has 1 N–H and O–H groups in total. The Labute approximate surface area is 150 Å². The van der Waals surface area contributed by atoms with Gasteiger partial charge in [-0.2, -0.15) is 0 Å². The monoisotopic (exact) mass is 373 g/mol. The number of thiophene rings is 1. The molecule has 4 rings (SSSR count). The Balaban J connectivity index is 1.52. The standard InChI is InChI=1S/C17H12ClN3O3S/c18-10-1-2-13-14(9-10)24-17(23)21(13)7-4-15(22)20-12-3-6-19-11-5-8-25-16(11)12/h1-3,5-6,8-9H,4,7H2,(H,19,20,22). The third-order valence-electron chi connectivity index (χ3n) is 3.81. The highest BCUT2D eigenvalue weighted by atomic mass is 35.5. The quantitative estimate of drug-likeness (QED) is 0.588. The van der Waals surface area contributed by atoms with Crippen molar-refractivity contribution in [2.75, 3.05) is 5.32 Å². The summed E-state index contributed by atoms with van der Waals surface area (Å²) in [6.45, 7) is 0.220. The molecule has 126 valence electrons. The molecule has 0 aliphatic carbocycles. The van der Waals surface area contributed by atoms with E-state index in [-0.39, 0.29) is 18.9 Å². The Kier molecular flexibility index (Phi) is 4.03. The van der Waals surface area contributed by atoms with Crippen LogP contribution in [0, 0.1) is 0 Å². The van der Waals surface area contributed by atoms with Gasteiger partial charge in [-0.15, -0.1) is 11.3 Å². The van der Waals surface area contributed by atoms with Gasteiger partial charge in [0.1, 0.15) is 0 Å². The summed E-state index contributed by atoms with van der Waals surface area (Å²) in [4.78, 5) is 28.5. The number of nitrogens with zero attached hydrogens (tertiary/aromatic N) is 2. The molecule has 8 heteroatoms. The van der Waals surface area contributed by atoms with Gasteiger partial charge in [0.05, 0.1) is 21.4 Å². The molecule has 25 heavy (non-hydrogen) atoms. The van der Waals surface area contributed by atoms with E-state index in [0.29, 0.717) is 16.1 Å². The number of aryl methyl sites for hydroxylation is 1. The number of hydrogen-bond donors (Lipinski definition) is 1. The van der Waals surface area contributed by atoms with Crippen LogP contribution in [0.3, 0.4) is 0 Å². The molecule has 0 radical (unpaired) electrons. The van der Waals surface area contributed by atoms with Gasteiger partial charge in [0.2, 0.25) is 5.91 Å². The third kappa shape index (κ3) is 3.04. The summed E-state index contributed by atoms with van der Waals surface area (Å²) >= 11 is 7.41. The number of carbonyl (C=O) groups is 1. The van der Waals surface area contributed by atoms with E-state index in [4.69, 9.17) is 16.0 Å². The maximum absolute atomic E-state index is 12.3. The molecule has 0 aliphatic rings. The Hall–Kier alpha value is -2.64. The summed E-state index contributed by atoms with van der Waals surface area (Å²) < 4.78 is 7.52. The summed E-state index contributed by atoms with van der Waals surface area (Å²) in [5.41, 5.74) is 2.59. The molecule has 0 spiro atoms. The lowest BCUT2D eigenvalue weighted by atomic mass is 10.3. The van der Waals surface area contributed by atoms with Gasteiger partial charge in [-0.25, -0.2) is 4.79 Å². The smallest absolute Gasteiger partial charge is 0.408 e. The normalized spacial score (nSPS) is 11.2. The Morgan fingerprint density at radius 3 is 3.08 bits per heavy atom. The first-order valence-corrected chi connectivity index (χ1v) is 8.78. The number of benzene rings is 1. The van der Waals surface area contributed by atoms with Crippen LogP contribution in [0.25, 0.3) is 21.3 Å². The highest BCUT2D eigenvalue weighted by Crippen LogP contribution is 2.27.